The molecule has 0 bridgehead atoms. The van der Waals surface area contributed by atoms with Gasteiger partial charge in [-0.1, -0.05) is 6.92 Å². The zero-order valence-electron chi connectivity index (χ0n) is 7.45. The third-order valence-corrected chi connectivity index (χ3v) is 2.71. The van der Waals surface area contributed by atoms with Crippen LogP contribution in [-0.2, 0) is 4.74 Å². The minimum atomic E-state index is 0. The number of likely N-dealkylation sites (N-methyl/N-ethyl adjacent to an activating group) is 1. The SMILES string of the molecule is CCN1CCOC2CNCC21.Cl. The highest BCUT2D eigenvalue weighted by Gasteiger charge is 2.34. The first-order valence-electron chi connectivity index (χ1n) is 4.48. The number of ether oxygens (including phenoxy) is 1. The predicted octanol–water partition coefficient (Wildman–Crippen LogP) is 0.101. The van der Waals surface area contributed by atoms with Crippen LogP contribution in [0.25, 0.3) is 0 Å². The molecule has 0 aromatic rings. The Labute approximate surface area is 79.9 Å². The van der Waals surface area contributed by atoms with Gasteiger partial charge in [-0.15, -0.1) is 12.4 Å². The molecule has 0 aliphatic carbocycles. The van der Waals surface area contributed by atoms with Crippen molar-refractivity contribution in [2.24, 2.45) is 0 Å². The first-order chi connectivity index (χ1) is 5.42. The molecule has 0 spiro atoms. The van der Waals surface area contributed by atoms with Crippen LogP contribution in [-0.4, -0.2) is 49.8 Å². The molecule has 2 heterocycles. The molecule has 2 aliphatic heterocycles. The molecule has 2 aliphatic rings. The smallest absolute Gasteiger partial charge is 0.0867 e. The summed E-state index contributed by atoms with van der Waals surface area (Å²) in [6, 6.07) is 0.647. The number of nitrogens with one attached hydrogen (secondary N) is 1. The number of fused-ring (bicyclic) bond motifs is 1. The molecule has 0 saturated carbocycles. The minimum Gasteiger partial charge on any atom is -0.374 e. The van der Waals surface area contributed by atoms with E-state index in [1.165, 1.54) is 0 Å². The van der Waals surface area contributed by atoms with Gasteiger partial charge in [0.05, 0.1) is 12.7 Å². The Morgan fingerprint density at radius 1 is 1.50 bits per heavy atom. The van der Waals surface area contributed by atoms with E-state index in [0.29, 0.717) is 12.1 Å². The number of hydrogen-bond acceptors (Lipinski definition) is 3. The zero-order valence-corrected chi connectivity index (χ0v) is 8.27. The number of hydrogen-bond donors (Lipinski definition) is 1. The maximum absolute atomic E-state index is 5.63. The van der Waals surface area contributed by atoms with E-state index in [-0.39, 0.29) is 12.4 Å². The van der Waals surface area contributed by atoms with Gasteiger partial charge >= 0.3 is 0 Å². The lowest BCUT2D eigenvalue weighted by atomic mass is 10.1. The van der Waals surface area contributed by atoms with Crippen LogP contribution in [0, 0.1) is 0 Å². The second-order valence-electron chi connectivity index (χ2n) is 3.26. The quantitative estimate of drug-likeness (QED) is 0.638. The van der Waals surface area contributed by atoms with Gasteiger partial charge < -0.3 is 10.1 Å². The van der Waals surface area contributed by atoms with Crippen molar-refractivity contribution in [3.8, 4) is 0 Å². The van der Waals surface area contributed by atoms with Gasteiger partial charge in [-0.2, -0.15) is 0 Å². The molecule has 2 atom stereocenters. The molecule has 1 N–H and O–H groups in total. The number of rotatable bonds is 1. The second kappa shape index (κ2) is 4.42. The average Bonchev–Trinajstić information content (AvgIpc) is 2.50. The lowest BCUT2D eigenvalue weighted by Gasteiger charge is -2.36. The summed E-state index contributed by atoms with van der Waals surface area (Å²) in [4.78, 5) is 2.51. The Morgan fingerprint density at radius 2 is 2.33 bits per heavy atom. The lowest BCUT2D eigenvalue weighted by molar-refractivity contribution is -0.0446. The molecular formula is C8H17ClN2O. The van der Waals surface area contributed by atoms with Gasteiger partial charge in [0.15, 0.2) is 0 Å². The van der Waals surface area contributed by atoms with Crippen LogP contribution >= 0.6 is 12.4 Å². The Kier molecular flexibility index (Phi) is 3.77. The Balaban J connectivity index is 0.000000720. The topological polar surface area (TPSA) is 24.5 Å². The van der Waals surface area contributed by atoms with Gasteiger partial charge in [-0.25, -0.2) is 0 Å². The second-order valence-corrected chi connectivity index (χ2v) is 3.26. The van der Waals surface area contributed by atoms with Crippen LogP contribution in [0.1, 0.15) is 6.92 Å². The van der Waals surface area contributed by atoms with E-state index < -0.39 is 0 Å². The van der Waals surface area contributed by atoms with E-state index >= 15 is 0 Å². The fourth-order valence-corrected chi connectivity index (χ4v) is 2.05. The molecule has 72 valence electrons. The molecule has 2 unspecified atom stereocenters. The van der Waals surface area contributed by atoms with Crippen molar-refractivity contribution in [3.63, 3.8) is 0 Å². The van der Waals surface area contributed by atoms with Crippen LogP contribution in [0.5, 0.6) is 0 Å². The van der Waals surface area contributed by atoms with Crippen molar-refractivity contribution in [2.45, 2.75) is 19.1 Å². The van der Waals surface area contributed by atoms with E-state index in [9.17, 15) is 0 Å². The van der Waals surface area contributed by atoms with Crippen LogP contribution in [0.4, 0.5) is 0 Å². The summed E-state index contributed by atoms with van der Waals surface area (Å²) in [5.74, 6) is 0. The van der Waals surface area contributed by atoms with Crippen molar-refractivity contribution in [1.82, 2.24) is 10.2 Å². The maximum Gasteiger partial charge on any atom is 0.0867 e. The summed E-state index contributed by atoms with van der Waals surface area (Å²) < 4.78 is 5.63. The van der Waals surface area contributed by atoms with Crippen LogP contribution in [0.2, 0.25) is 0 Å². The molecule has 2 rings (SSSR count). The third kappa shape index (κ3) is 1.74. The first kappa shape index (κ1) is 10.3. The van der Waals surface area contributed by atoms with E-state index in [2.05, 4.69) is 17.1 Å². The van der Waals surface area contributed by atoms with E-state index in [4.69, 9.17) is 4.74 Å². The molecular weight excluding hydrogens is 176 g/mol. The van der Waals surface area contributed by atoms with E-state index in [1.54, 1.807) is 0 Å². The number of halogens is 1. The number of nitrogens with zero attached hydrogens (tertiary/aromatic N) is 1. The average molecular weight is 193 g/mol. The van der Waals surface area contributed by atoms with Crippen molar-refractivity contribution < 1.29 is 4.74 Å². The van der Waals surface area contributed by atoms with Crippen molar-refractivity contribution in [2.75, 3.05) is 32.8 Å². The standard InChI is InChI=1S/C8H16N2O.ClH/c1-2-10-3-4-11-8-6-9-5-7(8)10;/h7-9H,2-6H2,1H3;1H. The summed E-state index contributed by atoms with van der Waals surface area (Å²) in [6.45, 7) is 7.56. The largest absolute Gasteiger partial charge is 0.374 e. The Bertz CT molecular complexity index is 145. The summed E-state index contributed by atoms with van der Waals surface area (Å²) in [5.41, 5.74) is 0. The normalized spacial score (nSPS) is 35.8. The minimum absolute atomic E-state index is 0. The summed E-state index contributed by atoms with van der Waals surface area (Å²) >= 11 is 0. The van der Waals surface area contributed by atoms with Crippen molar-refractivity contribution in [3.05, 3.63) is 0 Å². The van der Waals surface area contributed by atoms with E-state index in [1.807, 2.05) is 0 Å². The molecule has 0 radical (unpaired) electrons. The molecule has 12 heavy (non-hydrogen) atoms. The highest BCUT2D eigenvalue weighted by molar-refractivity contribution is 5.85. The number of morpholine rings is 1. The molecule has 0 aromatic heterocycles. The summed E-state index contributed by atoms with van der Waals surface area (Å²) in [6.07, 6.45) is 0.462. The first-order valence-corrected chi connectivity index (χ1v) is 4.48. The predicted molar refractivity (Wildman–Crippen MR) is 50.9 cm³/mol. The zero-order chi connectivity index (χ0) is 7.68. The lowest BCUT2D eigenvalue weighted by Crippen LogP contribution is -2.50. The van der Waals surface area contributed by atoms with Crippen molar-refractivity contribution >= 4 is 12.4 Å². The van der Waals surface area contributed by atoms with E-state index in [0.717, 1.165) is 32.8 Å². The molecule has 0 aromatic carbocycles. The van der Waals surface area contributed by atoms with Crippen LogP contribution in [0.3, 0.4) is 0 Å². The molecule has 2 saturated heterocycles. The van der Waals surface area contributed by atoms with Crippen LogP contribution < -0.4 is 5.32 Å². The van der Waals surface area contributed by atoms with Gasteiger partial charge in [0.1, 0.15) is 0 Å². The van der Waals surface area contributed by atoms with Crippen LogP contribution in [0.15, 0.2) is 0 Å². The molecule has 0 amide bonds. The summed E-state index contributed by atoms with van der Waals surface area (Å²) in [7, 11) is 0. The fraction of sp³-hybridized carbons (Fsp3) is 1.00. The Hall–Kier alpha value is 0.170. The highest BCUT2D eigenvalue weighted by Crippen LogP contribution is 2.16. The van der Waals surface area contributed by atoms with Gasteiger partial charge in [0.25, 0.3) is 0 Å². The van der Waals surface area contributed by atoms with Gasteiger partial charge in [0, 0.05) is 25.7 Å². The summed E-state index contributed by atoms with van der Waals surface area (Å²) in [5, 5.41) is 3.36. The highest BCUT2D eigenvalue weighted by atomic mass is 35.5. The molecule has 2 fully saturated rings. The molecule has 3 nitrogen and oxygen atoms in total. The van der Waals surface area contributed by atoms with Crippen molar-refractivity contribution in [1.29, 1.82) is 0 Å². The van der Waals surface area contributed by atoms with Gasteiger partial charge in [-0.05, 0) is 6.54 Å². The third-order valence-electron chi connectivity index (χ3n) is 2.71. The Morgan fingerprint density at radius 3 is 3.08 bits per heavy atom. The monoisotopic (exact) mass is 192 g/mol. The fourth-order valence-electron chi connectivity index (χ4n) is 2.05. The van der Waals surface area contributed by atoms with Gasteiger partial charge in [0.2, 0.25) is 0 Å². The maximum atomic E-state index is 5.63. The van der Waals surface area contributed by atoms with Gasteiger partial charge in [-0.3, -0.25) is 4.90 Å². The molecule has 4 heteroatoms.